The van der Waals surface area contributed by atoms with Crippen molar-refractivity contribution in [3.8, 4) is 5.75 Å². The van der Waals surface area contributed by atoms with Crippen molar-refractivity contribution in [1.82, 2.24) is 15.5 Å². The third kappa shape index (κ3) is 9.41. The second-order valence-electron chi connectivity index (χ2n) is 8.85. The first-order valence-electron chi connectivity index (χ1n) is 11.0. The number of hydrogen-bond donors (Lipinski definition) is 2. The highest BCUT2D eigenvalue weighted by Crippen LogP contribution is 2.17. The van der Waals surface area contributed by atoms with E-state index >= 15 is 0 Å². The topological polar surface area (TPSA) is 97.0 Å². The van der Waals surface area contributed by atoms with E-state index in [1.54, 1.807) is 34.0 Å². The van der Waals surface area contributed by atoms with Crippen molar-refractivity contribution in [2.24, 2.45) is 5.92 Å². The molecule has 8 heteroatoms. The number of piperidine rings is 1. The molecule has 0 aliphatic carbocycles. The van der Waals surface area contributed by atoms with Gasteiger partial charge in [-0.3, -0.25) is 9.59 Å². The Kier molecular flexibility index (Phi) is 9.56. The molecule has 0 saturated carbocycles. The van der Waals surface area contributed by atoms with Crippen molar-refractivity contribution < 1.29 is 23.9 Å². The fourth-order valence-electron chi connectivity index (χ4n) is 3.32. The number of ether oxygens (including phenoxy) is 2. The lowest BCUT2D eigenvalue weighted by atomic mass is 9.96. The highest BCUT2D eigenvalue weighted by atomic mass is 16.6. The van der Waals surface area contributed by atoms with Crippen molar-refractivity contribution in [2.75, 3.05) is 33.3 Å². The van der Waals surface area contributed by atoms with Gasteiger partial charge in [0.2, 0.25) is 11.8 Å². The Morgan fingerprint density at radius 1 is 1.09 bits per heavy atom. The molecular formula is C24H35N3O5. The van der Waals surface area contributed by atoms with Gasteiger partial charge >= 0.3 is 6.09 Å². The van der Waals surface area contributed by atoms with E-state index in [0.717, 1.165) is 24.2 Å². The third-order valence-electron chi connectivity index (χ3n) is 5.08. The van der Waals surface area contributed by atoms with Crippen LogP contribution in [0.5, 0.6) is 5.75 Å². The number of alkyl carbamates (subject to hydrolysis) is 1. The Morgan fingerprint density at radius 3 is 2.34 bits per heavy atom. The summed E-state index contributed by atoms with van der Waals surface area (Å²) in [4.78, 5) is 37.9. The molecule has 0 atom stereocenters. The lowest BCUT2D eigenvalue weighted by molar-refractivity contribution is -0.132. The zero-order chi connectivity index (χ0) is 23.6. The molecule has 1 aromatic rings. The van der Waals surface area contributed by atoms with E-state index in [9.17, 15) is 14.4 Å². The highest BCUT2D eigenvalue weighted by molar-refractivity contribution is 5.91. The lowest BCUT2D eigenvalue weighted by Crippen LogP contribution is -2.42. The second-order valence-corrected chi connectivity index (χ2v) is 8.85. The smallest absolute Gasteiger partial charge is 0.407 e. The maximum absolute atomic E-state index is 12.3. The van der Waals surface area contributed by atoms with Gasteiger partial charge in [-0.25, -0.2) is 4.79 Å². The molecule has 0 aromatic heterocycles. The summed E-state index contributed by atoms with van der Waals surface area (Å²) in [6, 6.07) is 7.47. The summed E-state index contributed by atoms with van der Waals surface area (Å²) in [5.74, 6) is 1.01. The first-order valence-corrected chi connectivity index (χ1v) is 11.0. The molecule has 2 N–H and O–H groups in total. The normalized spacial score (nSPS) is 14.8. The highest BCUT2D eigenvalue weighted by Gasteiger charge is 2.23. The second kappa shape index (κ2) is 12.1. The van der Waals surface area contributed by atoms with Crippen LogP contribution in [0.15, 0.2) is 30.3 Å². The van der Waals surface area contributed by atoms with Gasteiger partial charge < -0.3 is 25.0 Å². The molecule has 0 bridgehead atoms. The van der Waals surface area contributed by atoms with Crippen LogP contribution in [0.3, 0.4) is 0 Å². The van der Waals surface area contributed by atoms with Crippen LogP contribution in [-0.4, -0.2) is 61.7 Å². The summed E-state index contributed by atoms with van der Waals surface area (Å²) in [6.07, 6.45) is 4.71. The Bertz CT molecular complexity index is 791. The fraction of sp³-hybridized carbons (Fsp3) is 0.542. The van der Waals surface area contributed by atoms with Crippen LogP contribution in [0.1, 0.15) is 45.6 Å². The molecule has 0 spiro atoms. The van der Waals surface area contributed by atoms with E-state index < -0.39 is 11.7 Å². The number of carbonyl (C=O) groups is 3. The van der Waals surface area contributed by atoms with Gasteiger partial charge in [0.1, 0.15) is 11.4 Å². The van der Waals surface area contributed by atoms with E-state index in [1.807, 2.05) is 29.2 Å². The minimum atomic E-state index is -0.559. The number of nitrogens with zero attached hydrogens (tertiary/aromatic N) is 1. The predicted molar refractivity (Wildman–Crippen MR) is 123 cm³/mol. The van der Waals surface area contributed by atoms with Crippen molar-refractivity contribution >= 4 is 24.0 Å². The lowest BCUT2D eigenvalue weighted by Gasteiger charge is -2.32. The van der Waals surface area contributed by atoms with Crippen molar-refractivity contribution in [3.05, 3.63) is 35.9 Å². The van der Waals surface area contributed by atoms with Crippen LogP contribution in [0.25, 0.3) is 6.08 Å². The Labute approximate surface area is 190 Å². The fourth-order valence-corrected chi connectivity index (χ4v) is 3.32. The van der Waals surface area contributed by atoms with Crippen LogP contribution in [0.2, 0.25) is 0 Å². The minimum absolute atomic E-state index is 0.0194. The number of nitrogens with one attached hydrogen (secondary N) is 2. The zero-order valence-electron chi connectivity index (χ0n) is 19.5. The average molecular weight is 446 g/mol. The Morgan fingerprint density at radius 2 is 1.75 bits per heavy atom. The number of amides is 3. The summed E-state index contributed by atoms with van der Waals surface area (Å²) >= 11 is 0. The maximum atomic E-state index is 12.3. The van der Waals surface area contributed by atoms with Gasteiger partial charge in [0.15, 0.2) is 0 Å². The Hall–Kier alpha value is -3.03. The molecule has 1 aromatic carbocycles. The Balaban J connectivity index is 1.62. The van der Waals surface area contributed by atoms with Crippen molar-refractivity contribution in [2.45, 2.75) is 45.6 Å². The molecule has 1 aliphatic rings. The van der Waals surface area contributed by atoms with Gasteiger partial charge in [0.05, 0.1) is 7.11 Å². The van der Waals surface area contributed by atoms with Crippen molar-refractivity contribution in [3.63, 3.8) is 0 Å². The number of hydrogen-bond acceptors (Lipinski definition) is 5. The first kappa shape index (κ1) is 25.2. The average Bonchev–Trinajstić information content (AvgIpc) is 2.75. The van der Waals surface area contributed by atoms with E-state index in [1.165, 1.54) is 6.08 Å². The molecule has 176 valence electrons. The van der Waals surface area contributed by atoms with Crippen LogP contribution in [0, 0.1) is 5.92 Å². The van der Waals surface area contributed by atoms with E-state index in [2.05, 4.69) is 10.6 Å². The summed E-state index contributed by atoms with van der Waals surface area (Å²) in [7, 11) is 1.61. The van der Waals surface area contributed by atoms with Gasteiger partial charge in [-0.05, 0) is 63.3 Å². The molecule has 32 heavy (non-hydrogen) atoms. The molecule has 0 radical (unpaired) electrons. The quantitative estimate of drug-likeness (QED) is 0.600. The van der Waals surface area contributed by atoms with Gasteiger partial charge in [-0.1, -0.05) is 12.1 Å². The van der Waals surface area contributed by atoms with E-state index in [4.69, 9.17) is 9.47 Å². The predicted octanol–water partition coefficient (Wildman–Crippen LogP) is 2.98. The molecule has 1 heterocycles. The standard InChI is InChI=1S/C24H35N3O5/c1-24(2,3)32-23(30)25-14-11-22(29)27-15-12-19(13-16-27)17-26-21(28)10-7-18-5-8-20(31-4)9-6-18/h5-10,19H,11-17H2,1-4H3,(H,25,30)(H,26,28)/b10-7+. The molecular weight excluding hydrogens is 410 g/mol. The summed E-state index contributed by atoms with van der Waals surface area (Å²) in [5.41, 5.74) is 0.366. The van der Waals surface area contributed by atoms with Crippen LogP contribution >= 0.6 is 0 Å². The third-order valence-corrected chi connectivity index (χ3v) is 5.08. The number of benzene rings is 1. The van der Waals surface area contributed by atoms with Gasteiger partial charge in [0.25, 0.3) is 0 Å². The monoisotopic (exact) mass is 445 g/mol. The van der Waals surface area contributed by atoms with E-state index in [-0.39, 0.29) is 24.8 Å². The molecule has 2 rings (SSSR count). The summed E-state index contributed by atoms with van der Waals surface area (Å²) in [5, 5.41) is 5.55. The number of likely N-dealkylation sites (tertiary alicyclic amines) is 1. The van der Waals surface area contributed by atoms with Crippen LogP contribution < -0.4 is 15.4 Å². The van der Waals surface area contributed by atoms with E-state index in [0.29, 0.717) is 25.6 Å². The summed E-state index contributed by atoms with van der Waals surface area (Å²) in [6.45, 7) is 7.55. The molecule has 8 nitrogen and oxygen atoms in total. The first-order chi connectivity index (χ1) is 15.2. The minimum Gasteiger partial charge on any atom is -0.497 e. The largest absolute Gasteiger partial charge is 0.497 e. The van der Waals surface area contributed by atoms with Gasteiger partial charge in [-0.2, -0.15) is 0 Å². The molecule has 1 fully saturated rings. The number of methoxy groups -OCH3 is 1. The van der Waals surface area contributed by atoms with Gasteiger partial charge in [0, 0.05) is 38.7 Å². The van der Waals surface area contributed by atoms with Crippen molar-refractivity contribution in [1.29, 1.82) is 0 Å². The molecule has 1 aliphatic heterocycles. The zero-order valence-corrected chi connectivity index (χ0v) is 19.5. The maximum Gasteiger partial charge on any atom is 0.407 e. The SMILES string of the molecule is COc1ccc(/C=C/C(=O)NCC2CCN(C(=O)CCNC(=O)OC(C)(C)C)CC2)cc1. The molecule has 3 amide bonds. The van der Waals surface area contributed by atoms with Gasteiger partial charge in [-0.15, -0.1) is 0 Å². The van der Waals surface area contributed by atoms with Crippen LogP contribution in [0.4, 0.5) is 4.79 Å². The summed E-state index contributed by atoms with van der Waals surface area (Å²) < 4.78 is 10.3. The number of rotatable bonds is 8. The number of carbonyl (C=O) groups excluding carboxylic acids is 3. The molecule has 0 unspecified atom stereocenters. The van der Waals surface area contributed by atoms with Crippen LogP contribution in [-0.2, 0) is 14.3 Å². The molecule has 1 saturated heterocycles.